The molecule has 7 heterocycles. The summed E-state index contributed by atoms with van der Waals surface area (Å²) in [6, 6.07) is 16.7. The fraction of sp³-hybridized carbons (Fsp3) is 0.317. The largest absolute Gasteiger partial charge is 0.469 e. The van der Waals surface area contributed by atoms with E-state index in [0.717, 1.165) is 50.0 Å². The number of aryl methyl sites for hydroxylation is 1. The van der Waals surface area contributed by atoms with Crippen molar-refractivity contribution in [3.05, 3.63) is 95.3 Å². The summed E-state index contributed by atoms with van der Waals surface area (Å²) in [5.41, 5.74) is 6.78. The number of aliphatic hydroxyl groups is 1. The zero-order valence-electron chi connectivity index (χ0n) is 29.9. The maximum atomic E-state index is 14.2. The first-order valence-electron chi connectivity index (χ1n) is 18.1. The van der Waals surface area contributed by atoms with Gasteiger partial charge in [0.05, 0.1) is 6.20 Å². The fourth-order valence-corrected chi connectivity index (χ4v) is 8.67. The highest BCUT2D eigenvalue weighted by Gasteiger charge is 2.61. The average Bonchev–Trinajstić information content (AvgIpc) is 3.96. The van der Waals surface area contributed by atoms with Gasteiger partial charge in [0.1, 0.15) is 29.4 Å². The van der Waals surface area contributed by atoms with Crippen molar-refractivity contribution < 1.29 is 28.3 Å². The number of hydrogen-bond donors (Lipinski definition) is 4. The lowest BCUT2D eigenvalue weighted by Gasteiger charge is -2.29. The number of para-hydroxylation sites is 1. The van der Waals surface area contributed by atoms with Gasteiger partial charge in [-0.2, -0.15) is 0 Å². The van der Waals surface area contributed by atoms with Gasteiger partial charge in [0.15, 0.2) is 23.4 Å². The van der Waals surface area contributed by atoms with Crippen LogP contribution in [0.3, 0.4) is 0 Å². The van der Waals surface area contributed by atoms with Crippen molar-refractivity contribution in [2.45, 2.75) is 63.9 Å². The van der Waals surface area contributed by atoms with Crippen molar-refractivity contribution in [3.63, 3.8) is 0 Å². The molecule has 0 radical (unpaired) electrons. The molecule has 10 rings (SSSR count). The van der Waals surface area contributed by atoms with Gasteiger partial charge >= 0.3 is 0 Å². The first kappa shape index (κ1) is 31.8. The highest BCUT2D eigenvalue weighted by atomic mass is 16.5. The van der Waals surface area contributed by atoms with E-state index in [1.807, 2.05) is 39.1 Å². The molecule has 12 heteroatoms. The van der Waals surface area contributed by atoms with Crippen LogP contribution in [-0.2, 0) is 28.5 Å². The van der Waals surface area contributed by atoms with Gasteiger partial charge < -0.3 is 39.2 Å². The number of oxazole rings is 2. The molecular weight excluding hydrogens is 672 g/mol. The van der Waals surface area contributed by atoms with Crippen molar-refractivity contribution in [1.29, 1.82) is 0 Å². The Morgan fingerprint density at radius 2 is 1.83 bits per heavy atom. The monoisotopic (exact) mass is 710 g/mol. The lowest BCUT2D eigenvalue weighted by atomic mass is 9.72. The number of aliphatic hydroxyl groups excluding tert-OH is 1. The fourth-order valence-electron chi connectivity index (χ4n) is 8.67. The minimum Gasteiger partial charge on any atom is -0.469 e. The number of hydrogen-bond acceptors (Lipinski definition) is 9. The smallest absolute Gasteiger partial charge is 0.249 e. The minimum absolute atomic E-state index is 0.169. The van der Waals surface area contributed by atoms with Crippen LogP contribution in [0, 0.1) is 11.8 Å². The SMILES string of the molecule is CC(C)C(O)C(=O)NC1Cc2ccc3c(c2)C24c5cccc(c5NC2O3)-c2cccc3c2c(cn3C)-c2cnc(o2)-c2nc(oc24)C(C(C)C)NC1=O. The number of carbonyl (C=O) groups is 2. The normalized spacial score (nSPS) is 22.4. The van der Waals surface area contributed by atoms with E-state index in [2.05, 4.69) is 63.1 Å². The number of anilines is 1. The zero-order chi connectivity index (χ0) is 36.5. The van der Waals surface area contributed by atoms with Gasteiger partial charge in [-0.3, -0.25) is 9.59 Å². The Labute approximate surface area is 304 Å². The quantitative estimate of drug-likeness (QED) is 0.177. The van der Waals surface area contributed by atoms with E-state index in [1.165, 1.54) is 0 Å². The summed E-state index contributed by atoms with van der Waals surface area (Å²) in [4.78, 5) is 37.3. The van der Waals surface area contributed by atoms with E-state index in [4.69, 9.17) is 23.5 Å². The van der Waals surface area contributed by atoms with E-state index >= 15 is 0 Å². The number of amides is 2. The number of rotatable bonds is 4. The molecule has 0 saturated heterocycles. The summed E-state index contributed by atoms with van der Waals surface area (Å²) < 4.78 is 22.6. The van der Waals surface area contributed by atoms with Gasteiger partial charge in [-0.05, 0) is 35.1 Å². The van der Waals surface area contributed by atoms with Gasteiger partial charge in [0.25, 0.3) is 0 Å². The van der Waals surface area contributed by atoms with Crippen molar-refractivity contribution >= 4 is 28.4 Å². The lowest BCUT2D eigenvalue weighted by Crippen LogP contribution is -2.52. The third kappa shape index (κ3) is 4.32. The second-order valence-corrected chi connectivity index (χ2v) is 15.3. The number of ether oxygens (including phenoxy) is 1. The molecule has 0 fully saturated rings. The molecule has 0 aliphatic carbocycles. The predicted molar refractivity (Wildman–Crippen MR) is 196 cm³/mol. The molecule has 3 aromatic heterocycles. The van der Waals surface area contributed by atoms with Crippen molar-refractivity contribution in [1.82, 2.24) is 25.2 Å². The first-order chi connectivity index (χ1) is 25.5. The highest BCUT2D eigenvalue weighted by molar-refractivity contribution is 6.08. The second-order valence-electron chi connectivity index (χ2n) is 15.3. The van der Waals surface area contributed by atoms with Gasteiger partial charge in [-0.15, -0.1) is 0 Å². The van der Waals surface area contributed by atoms with Gasteiger partial charge in [-0.1, -0.05) is 70.2 Å². The van der Waals surface area contributed by atoms with Crippen LogP contribution in [0.4, 0.5) is 5.69 Å². The zero-order valence-corrected chi connectivity index (χ0v) is 29.9. The molecule has 10 bridgehead atoms. The number of benzene rings is 3. The van der Waals surface area contributed by atoms with E-state index < -0.39 is 41.6 Å². The van der Waals surface area contributed by atoms with Crippen LogP contribution in [0.1, 0.15) is 62.1 Å². The highest BCUT2D eigenvalue weighted by Crippen LogP contribution is 2.61. The Kier molecular flexibility index (Phi) is 6.64. The average molecular weight is 711 g/mol. The molecule has 6 aromatic rings. The molecule has 5 unspecified atom stereocenters. The molecule has 53 heavy (non-hydrogen) atoms. The number of nitrogens with zero attached hydrogens (tertiary/aromatic N) is 3. The van der Waals surface area contributed by atoms with Crippen LogP contribution < -0.4 is 20.7 Å². The van der Waals surface area contributed by atoms with E-state index in [1.54, 1.807) is 20.0 Å². The summed E-state index contributed by atoms with van der Waals surface area (Å²) in [5.74, 6) is 0.730. The predicted octanol–water partition coefficient (Wildman–Crippen LogP) is 5.82. The van der Waals surface area contributed by atoms with Crippen LogP contribution >= 0.6 is 0 Å². The van der Waals surface area contributed by atoms with Crippen LogP contribution in [0.5, 0.6) is 5.75 Å². The van der Waals surface area contributed by atoms with Crippen molar-refractivity contribution in [2.75, 3.05) is 5.32 Å². The molecule has 2 amide bonds. The van der Waals surface area contributed by atoms with Crippen LogP contribution in [0.25, 0.3) is 44.9 Å². The Hall–Kier alpha value is -5.88. The minimum atomic E-state index is -1.28. The van der Waals surface area contributed by atoms with Crippen LogP contribution in [0.15, 0.2) is 75.8 Å². The second kappa shape index (κ2) is 11.1. The molecule has 3 aromatic carbocycles. The van der Waals surface area contributed by atoms with Gasteiger partial charge in [-0.25, -0.2) is 9.97 Å². The molecule has 4 aliphatic rings. The first-order valence-corrected chi connectivity index (χ1v) is 18.1. The maximum absolute atomic E-state index is 14.2. The molecule has 268 valence electrons. The van der Waals surface area contributed by atoms with Crippen LogP contribution in [-0.4, -0.2) is 49.8 Å². The van der Waals surface area contributed by atoms with Crippen molar-refractivity contribution in [2.24, 2.45) is 18.9 Å². The Balaban J connectivity index is 1.28. The third-order valence-corrected chi connectivity index (χ3v) is 11.4. The summed E-state index contributed by atoms with van der Waals surface area (Å²) in [6.07, 6.45) is 2.04. The number of aromatic nitrogens is 3. The number of nitrogens with one attached hydrogen (secondary N) is 3. The Morgan fingerprint density at radius 3 is 2.64 bits per heavy atom. The number of fused-ring (bicyclic) bond motifs is 7. The van der Waals surface area contributed by atoms with E-state index in [0.29, 0.717) is 23.0 Å². The molecule has 12 nitrogen and oxygen atoms in total. The Bertz CT molecular complexity index is 2530. The summed E-state index contributed by atoms with van der Waals surface area (Å²) in [5, 5.41) is 21.4. The molecular formula is C41H38N6O6. The number of carbonyl (C=O) groups excluding carboxylic acids is 2. The van der Waals surface area contributed by atoms with Gasteiger partial charge in [0.2, 0.25) is 23.6 Å². The summed E-state index contributed by atoms with van der Waals surface area (Å²) in [7, 11) is 2.02. The molecule has 4 N–H and O–H groups in total. The standard InChI is InChI=1S/C41H38N6O6/c1-18(2)31-39-45-33-35(53-39)41-24-10-6-9-22(21-8-7-11-27-30(21)23(17-47(27)5)29-16-42-38(33)51-29)32(24)46-40(41)52-28-13-12-20(14-25(28)41)15-26(36(49)44-31)43-37(50)34(48)19(3)4/h6-14,16-19,26,31,34,40,46,48H,15H2,1-5H3,(H,43,50)(H,44,49). The third-order valence-electron chi connectivity index (χ3n) is 11.4. The van der Waals surface area contributed by atoms with E-state index in [9.17, 15) is 14.7 Å². The van der Waals surface area contributed by atoms with Crippen LogP contribution in [0.2, 0.25) is 0 Å². The lowest BCUT2D eigenvalue weighted by molar-refractivity contribution is -0.135. The Morgan fingerprint density at radius 1 is 1.02 bits per heavy atom. The molecule has 1 spiro atoms. The topological polar surface area (TPSA) is 157 Å². The van der Waals surface area contributed by atoms with E-state index in [-0.39, 0.29) is 30.0 Å². The summed E-state index contributed by atoms with van der Waals surface area (Å²) in [6.45, 7) is 7.45. The molecule has 5 atom stereocenters. The molecule has 4 aliphatic heterocycles. The van der Waals surface area contributed by atoms with Crippen molar-refractivity contribution in [3.8, 4) is 39.8 Å². The molecule has 0 saturated carbocycles. The maximum Gasteiger partial charge on any atom is 0.249 e. The summed E-state index contributed by atoms with van der Waals surface area (Å²) >= 11 is 0. The van der Waals surface area contributed by atoms with Gasteiger partial charge in [0, 0.05) is 58.5 Å².